The average molecular weight is 373 g/mol. The van der Waals surface area contributed by atoms with Gasteiger partial charge in [-0.05, 0) is 12.1 Å². The summed E-state index contributed by atoms with van der Waals surface area (Å²) in [6.07, 6.45) is 0. The van der Waals surface area contributed by atoms with E-state index in [9.17, 15) is 13.5 Å². The predicted molar refractivity (Wildman–Crippen MR) is 101 cm³/mol. The molecule has 136 valence electrons. The zero-order chi connectivity index (χ0) is 18.9. The molecule has 0 spiro atoms. The van der Waals surface area contributed by atoms with Gasteiger partial charge in [0, 0.05) is 48.8 Å². The van der Waals surface area contributed by atoms with Crippen LogP contribution in [0.25, 0.3) is 10.8 Å². The number of rotatable bonds is 5. The normalized spacial score (nSPS) is 11.3. The van der Waals surface area contributed by atoms with E-state index in [1.165, 1.54) is 31.4 Å². The van der Waals surface area contributed by atoms with E-state index in [1.807, 2.05) is 31.1 Å². The van der Waals surface area contributed by atoms with Gasteiger partial charge in [0.1, 0.15) is 22.1 Å². The van der Waals surface area contributed by atoms with Crippen LogP contribution < -0.4 is 13.8 Å². The molecule has 0 aliphatic carbocycles. The van der Waals surface area contributed by atoms with Gasteiger partial charge in [0.25, 0.3) is 0 Å². The van der Waals surface area contributed by atoms with Crippen molar-refractivity contribution in [3.63, 3.8) is 0 Å². The molecule has 0 heterocycles. The van der Waals surface area contributed by atoms with Gasteiger partial charge >= 0.3 is 10.1 Å². The molecule has 1 N–H and O–H groups in total. The second-order valence-corrected chi connectivity index (χ2v) is 7.44. The molecular weight excluding hydrogens is 354 g/mol. The molecule has 3 rings (SSSR count). The summed E-state index contributed by atoms with van der Waals surface area (Å²) in [5.74, 6) is 0.119. The van der Waals surface area contributed by atoms with Gasteiger partial charge in [-0.25, -0.2) is 0 Å². The van der Waals surface area contributed by atoms with E-state index in [0.29, 0.717) is 11.1 Å². The van der Waals surface area contributed by atoms with Crippen molar-refractivity contribution >= 4 is 26.6 Å². The molecule has 0 unspecified atom stereocenters. The fourth-order valence-corrected chi connectivity index (χ4v) is 3.90. The average Bonchev–Trinajstić information content (AvgIpc) is 2.59. The molecule has 3 aromatic carbocycles. The molecular formula is C19H19NO5S. The molecule has 0 radical (unpaired) electrons. The molecule has 6 nitrogen and oxygen atoms in total. The van der Waals surface area contributed by atoms with Crippen LogP contribution in [0.15, 0.2) is 59.5 Å². The highest BCUT2D eigenvalue weighted by atomic mass is 32.2. The lowest BCUT2D eigenvalue weighted by molar-refractivity contribution is 0.403. The molecule has 0 amide bonds. The van der Waals surface area contributed by atoms with E-state index < -0.39 is 10.1 Å². The van der Waals surface area contributed by atoms with E-state index in [1.54, 1.807) is 18.2 Å². The van der Waals surface area contributed by atoms with Crippen molar-refractivity contribution in [3.05, 3.63) is 54.6 Å². The topological polar surface area (TPSA) is 76.1 Å². The minimum Gasteiger partial charge on any atom is -0.508 e. The Bertz CT molecular complexity index is 1060. The van der Waals surface area contributed by atoms with Crippen molar-refractivity contribution < 1.29 is 22.4 Å². The fraction of sp³-hybridized carbons (Fsp3) is 0.158. The fourth-order valence-electron chi connectivity index (χ4n) is 2.77. The summed E-state index contributed by atoms with van der Waals surface area (Å²) in [6.45, 7) is 0. The standard InChI is InChI=1S/C19H19NO5S/c1-20(2)18-8-4-7-17-16(18)6-5-9-19(17)26(22,23)25-15-11-13(21)10-14(12-15)24-3/h4-12,21H,1-3H3. The summed E-state index contributed by atoms with van der Waals surface area (Å²) in [6, 6.07) is 14.5. The highest BCUT2D eigenvalue weighted by molar-refractivity contribution is 7.87. The van der Waals surface area contributed by atoms with Gasteiger partial charge in [0.2, 0.25) is 0 Å². The zero-order valence-electron chi connectivity index (χ0n) is 14.6. The van der Waals surface area contributed by atoms with Gasteiger partial charge < -0.3 is 18.9 Å². The largest absolute Gasteiger partial charge is 0.508 e. The first kappa shape index (κ1) is 17.9. The second-order valence-electron chi connectivity index (χ2n) is 5.93. The van der Waals surface area contributed by atoms with Crippen LogP contribution in [0.4, 0.5) is 5.69 Å². The van der Waals surface area contributed by atoms with E-state index in [4.69, 9.17) is 8.92 Å². The van der Waals surface area contributed by atoms with E-state index >= 15 is 0 Å². The minimum absolute atomic E-state index is 0.0254. The Kier molecular flexibility index (Phi) is 4.65. The van der Waals surface area contributed by atoms with Crippen LogP contribution in [0.2, 0.25) is 0 Å². The number of methoxy groups -OCH3 is 1. The Morgan fingerprint density at radius 3 is 2.27 bits per heavy atom. The maximum Gasteiger partial charge on any atom is 0.339 e. The maximum absolute atomic E-state index is 12.8. The third-order valence-corrected chi connectivity index (χ3v) is 5.22. The van der Waals surface area contributed by atoms with Crippen LogP contribution in [0, 0.1) is 0 Å². The van der Waals surface area contributed by atoms with E-state index in [2.05, 4.69) is 0 Å². The molecule has 0 aromatic heterocycles. The SMILES string of the molecule is COc1cc(O)cc(OS(=O)(=O)c2cccc3c(N(C)C)cccc23)c1. The van der Waals surface area contributed by atoms with Crippen molar-refractivity contribution in [2.45, 2.75) is 4.90 Å². The molecule has 0 saturated carbocycles. The lowest BCUT2D eigenvalue weighted by Gasteiger charge is -2.17. The summed E-state index contributed by atoms with van der Waals surface area (Å²) in [7, 11) is 1.10. The first-order valence-corrected chi connectivity index (χ1v) is 9.24. The van der Waals surface area contributed by atoms with Gasteiger partial charge in [0.15, 0.2) is 0 Å². The number of fused-ring (bicyclic) bond motifs is 1. The number of hydrogen-bond donors (Lipinski definition) is 1. The van der Waals surface area contributed by atoms with Crippen molar-refractivity contribution in [3.8, 4) is 17.2 Å². The van der Waals surface area contributed by atoms with Gasteiger partial charge in [-0.3, -0.25) is 0 Å². The first-order valence-electron chi connectivity index (χ1n) is 7.83. The van der Waals surface area contributed by atoms with Crippen molar-refractivity contribution in [1.29, 1.82) is 0 Å². The quantitative estimate of drug-likeness (QED) is 0.691. The summed E-state index contributed by atoms with van der Waals surface area (Å²) >= 11 is 0. The van der Waals surface area contributed by atoms with Crippen LogP contribution in [-0.2, 0) is 10.1 Å². The second kappa shape index (κ2) is 6.76. The van der Waals surface area contributed by atoms with Gasteiger partial charge in [-0.2, -0.15) is 8.42 Å². The molecule has 0 aliphatic rings. The Morgan fingerprint density at radius 1 is 0.923 bits per heavy atom. The Morgan fingerprint density at radius 2 is 1.58 bits per heavy atom. The number of phenolic OH excluding ortho intramolecular Hbond substituents is 1. The zero-order valence-corrected chi connectivity index (χ0v) is 15.4. The van der Waals surface area contributed by atoms with Crippen molar-refractivity contribution in [1.82, 2.24) is 0 Å². The first-order chi connectivity index (χ1) is 12.3. The van der Waals surface area contributed by atoms with Crippen molar-refractivity contribution in [2.24, 2.45) is 0 Å². The number of benzene rings is 3. The van der Waals surface area contributed by atoms with Crippen LogP contribution in [0.3, 0.4) is 0 Å². The Labute approximate surface area is 152 Å². The number of aromatic hydroxyl groups is 1. The lowest BCUT2D eigenvalue weighted by atomic mass is 10.1. The summed E-state index contributed by atoms with van der Waals surface area (Å²) in [4.78, 5) is 1.97. The summed E-state index contributed by atoms with van der Waals surface area (Å²) in [5, 5.41) is 11.1. The third kappa shape index (κ3) is 3.39. The summed E-state index contributed by atoms with van der Waals surface area (Å²) in [5.41, 5.74) is 0.901. The predicted octanol–water partition coefficient (Wildman–Crippen LogP) is 3.39. The maximum atomic E-state index is 12.8. The molecule has 0 aliphatic heterocycles. The van der Waals surface area contributed by atoms with Crippen molar-refractivity contribution in [2.75, 3.05) is 26.1 Å². The molecule has 26 heavy (non-hydrogen) atoms. The van der Waals surface area contributed by atoms with Crippen LogP contribution in [-0.4, -0.2) is 34.7 Å². The van der Waals surface area contributed by atoms with Crippen LogP contribution in [0.1, 0.15) is 0 Å². The molecule has 0 atom stereocenters. The number of phenols is 1. The van der Waals surface area contributed by atoms with Gasteiger partial charge in [-0.1, -0.05) is 24.3 Å². The Hall–Kier alpha value is -2.93. The molecule has 0 fully saturated rings. The van der Waals surface area contributed by atoms with E-state index in [-0.39, 0.29) is 16.4 Å². The number of nitrogens with zero attached hydrogens (tertiary/aromatic N) is 1. The molecule has 3 aromatic rings. The highest BCUT2D eigenvalue weighted by Crippen LogP contribution is 2.33. The minimum atomic E-state index is -4.11. The molecule has 0 bridgehead atoms. The lowest BCUT2D eigenvalue weighted by Crippen LogP contribution is -2.12. The summed E-state index contributed by atoms with van der Waals surface area (Å²) < 4.78 is 36.0. The van der Waals surface area contributed by atoms with Gasteiger partial charge in [0.05, 0.1) is 7.11 Å². The van der Waals surface area contributed by atoms with Crippen LogP contribution in [0.5, 0.6) is 17.2 Å². The number of ether oxygens (including phenoxy) is 1. The third-order valence-electron chi connectivity index (χ3n) is 3.92. The van der Waals surface area contributed by atoms with Gasteiger partial charge in [-0.15, -0.1) is 0 Å². The Balaban J connectivity index is 2.11. The number of hydrogen-bond acceptors (Lipinski definition) is 6. The number of anilines is 1. The molecule has 7 heteroatoms. The highest BCUT2D eigenvalue weighted by Gasteiger charge is 2.21. The molecule has 0 saturated heterocycles. The van der Waals surface area contributed by atoms with E-state index in [0.717, 1.165) is 11.1 Å². The monoisotopic (exact) mass is 373 g/mol. The smallest absolute Gasteiger partial charge is 0.339 e. The van der Waals surface area contributed by atoms with Crippen LogP contribution >= 0.6 is 0 Å².